The molecule has 1 aliphatic rings. The standard InChI is InChI=1S/C16H22N4O2S/c1-4-13-18-11-6-5-7-12(15(11)23-13)20(3)16(22)14(21)10-8-17-19(2)9-10/h8-9,12,14,21H,4-7H2,1-3H3/t12-,14-/m0/s1. The van der Waals surface area contributed by atoms with Crippen molar-refractivity contribution in [3.05, 3.63) is 33.5 Å². The third kappa shape index (κ3) is 3.03. The molecule has 0 radical (unpaired) electrons. The minimum absolute atomic E-state index is 0.00960. The Balaban J connectivity index is 1.82. The van der Waals surface area contributed by atoms with Crippen LogP contribution in [0.4, 0.5) is 0 Å². The number of hydrogen-bond donors (Lipinski definition) is 1. The molecule has 2 atom stereocenters. The molecule has 1 amide bonds. The maximum absolute atomic E-state index is 12.7. The van der Waals surface area contributed by atoms with Crippen LogP contribution < -0.4 is 0 Å². The summed E-state index contributed by atoms with van der Waals surface area (Å²) in [6.45, 7) is 2.10. The van der Waals surface area contributed by atoms with Crippen LogP contribution in [0, 0.1) is 0 Å². The first-order valence-corrected chi connectivity index (χ1v) is 8.74. The second-order valence-electron chi connectivity index (χ2n) is 5.98. The van der Waals surface area contributed by atoms with Crippen LogP contribution in [0.2, 0.25) is 0 Å². The number of aromatic nitrogens is 3. The normalized spacial score (nSPS) is 18.5. The van der Waals surface area contributed by atoms with Gasteiger partial charge in [0, 0.05) is 25.9 Å². The van der Waals surface area contributed by atoms with E-state index in [9.17, 15) is 9.90 Å². The summed E-state index contributed by atoms with van der Waals surface area (Å²) >= 11 is 1.70. The van der Waals surface area contributed by atoms with Crippen molar-refractivity contribution in [3.8, 4) is 0 Å². The molecule has 0 fully saturated rings. The molecule has 2 aromatic rings. The van der Waals surface area contributed by atoms with E-state index < -0.39 is 6.10 Å². The van der Waals surface area contributed by atoms with E-state index >= 15 is 0 Å². The molecule has 0 bridgehead atoms. The zero-order valence-corrected chi connectivity index (χ0v) is 14.5. The van der Waals surface area contributed by atoms with Gasteiger partial charge in [-0.3, -0.25) is 9.48 Å². The predicted molar refractivity (Wildman–Crippen MR) is 88.1 cm³/mol. The molecule has 6 nitrogen and oxygen atoms in total. The molecule has 124 valence electrons. The van der Waals surface area contributed by atoms with Gasteiger partial charge in [0.15, 0.2) is 6.10 Å². The average Bonchev–Trinajstić information content (AvgIpc) is 3.18. The van der Waals surface area contributed by atoms with Gasteiger partial charge in [-0.15, -0.1) is 11.3 Å². The number of thiazole rings is 1. The summed E-state index contributed by atoms with van der Waals surface area (Å²) in [5, 5.41) is 15.5. The number of aliphatic hydroxyl groups excluding tert-OH is 1. The fourth-order valence-electron chi connectivity index (χ4n) is 3.04. The third-order valence-electron chi connectivity index (χ3n) is 4.36. The van der Waals surface area contributed by atoms with E-state index in [0.29, 0.717) is 5.56 Å². The topological polar surface area (TPSA) is 71.2 Å². The lowest BCUT2D eigenvalue weighted by Crippen LogP contribution is -2.36. The number of rotatable bonds is 4. The minimum atomic E-state index is -1.17. The Morgan fingerprint density at radius 2 is 2.39 bits per heavy atom. The van der Waals surface area contributed by atoms with Crippen LogP contribution in [-0.2, 0) is 24.7 Å². The molecule has 0 aliphatic heterocycles. The number of fused-ring (bicyclic) bond motifs is 1. The van der Waals surface area contributed by atoms with Gasteiger partial charge in [-0.1, -0.05) is 6.92 Å². The van der Waals surface area contributed by atoms with Crippen molar-refractivity contribution in [2.24, 2.45) is 7.05 Å². The summed E-state index contributed by atoms with van der Waals surface area (Å²) in [6, 6.07) is 0.00960. The second-order valence-corrected chi connectivity index (χ2v) is 7.09. The van der Waals surface area contributed by atoms with Gasteiger partial charge in [-0.2, -0.15) is 5.10 Å². The van der Waals surface area contributed by atoms with Crippen molar-refractivity contribution in [2.75, 3.05) is 7.05 Å². The molecular formula is C16H22N4O2S. The zero-order chi connectivity index (χ0) is 16.6. The van der Waals surface area contributed by atoms with Crippen molar-refractivity contribution in [2.45, 2.75) is 44.8 Å². The Labute approximate surface area is 139 Å². The summed E-state index contributed by atoms with van der Waals surface area (Å²) < 4.78 is 1.58. The van der Waals surface area contributed by atoms with Gasteiger partial charge < -0.3 is 10.0 Å². The number of likely N-dealkylation sites (N-methyl/N-ethyl adjacent to an activating group) is 1. The minimum Gasteiger partial charge on any atom is -0.378 e. The highest BCUT2D eigenvalue weighted by atomic mass is 32.1. The summed E-state index contributed by atoms with van der Waals surface area (Å²) in [4.78, 5) is 20.2. The van der Waals surface area contributed by atoms with Crippen LogP contribution >= 0.6 is 11.3 Å². The van der Waals surface area contributed by atoms with E-state index in [1.165, 1.54) is 11.1 Å². The number of carbonyl (C=O) groups excluding carboxylic acids is 1. The lowest BCUT2D eigenvalue weighted by atomic mass is 9.96. The summed E-state index contributed by atoms with van der Waals surface area (Å²) in [5.74, 6) is -0.290. The van der Waals surface area contributed by atoms with Crippen LogP contribution in [0.1, 0.15) is 53.1 Å². The molecule has 2 heterocycles. The molecule has 7 heteroatoms. The number of aryl methyl sites for hydroxylation is 3. The fraction of sp³-hybridized carbons (Fsp3) is 0.562. The van der Waals surface area contributed by atoms with Gasteiger partial charge in [-0.25, -0.2) is 4.98 Å². The first kappa shape index (κ1) is 16.1. The molecule has 0 saturated heterocycles. The van der Waals surface area contributed by atoms with Gasteiger partial charge in [0.05, 0.1) is 27.8 Å². The van der Waals surface area contributed by atoms with Gasteiger partial charge in [0.25, 0.3) is 5.91 Å². The Morgan fingerprint density at radius 3 is 3.04 bits per heavy atom. The summed E-state index contributed by atoms with van der Waals surface area (Å²) in [5.41, 5.74) is 1.65. The maximum Gasteiger partial charge on any atom is 0.256 e. The van der Waals surface area contributed by atoms with Crippen molar-refractivity contribution < 1.29 is 9.90 Å². The third-order valence-corrected chi connectivity index (χ3v) is 5.70. The molecule has 3 rings (SSSR count). The van der Waals surface area contributed by atoms with Crippen molar-refractivity contribution in [3.63, 3.8) is 0 Å². The largest absolute Gasteiger partial charge is 0.378 e. The van der Waals surface area contributed by atoms with Crippen LogP contribution in [0.3, 0.4) is 0 Å². The van der Waals surface area contributed by atoms with Gasteiger partial charge in [-0.05, 0) is 25.7 Å². The van der Waals surface area contributed by atoms with E-state index in [1.54, 1.807) is 41.2 Å². The molecular weight excluding hydrogens is 312 g/mol. The summed E-state index contributed by atoms with van der Waals surface area (Å²) in [7, 11) is 3.54. The molecule has 0 saturated carbocycles. The van der Waals surface area contributed by atoms with E-state index in [2.05, 4.69) is 17.0 Å². The van der Waals surface area contributed by atoms with Crippen LogP contribution in [-0.4, -0.2) is 37.7 Å². The molecule has 0 unspecified atom stereocenters. The highest BCUT2D eigenvalue weighted by molar-refractivity contribution is 7.11. The first-order valence-electron chi connectivity index (χ1n) is 7.93. The Kier molecular flexibility index (Phi) is 4.50. The molecule has 0 spiro atoms. The monoisotopic (exact) mass is 334 g/mol. The predicted octanol–water partition coefficient (Wildman–Crippen LogP) is 2.01. The van der Waals surface area contributed by atoms with Crippen LogP contribution in [0.25, 0.3) is 0 Å². The molecule has 1 N–H and O–H groups in total. The Morgan fingerprint density at radius 1 is 1.61 bits per heavy atom. The van der Waals surface area contributed by atoms with Gasteiger partial charge >= 0.3 is 0 Å². The van der Waals surface area contributed by atoms with E-state index in [1.807, 2.05) is 0 Å². The molecule has 0 aromatic carbocycles. The number of amides is 1. The fourth-order valence-corrected chi connectivity index (χ4v) is 4.27. The Hall–Kier alpha value is -1.73. The highest BCUT2D eigenvalue weighted by Crippen LogP contribution is 2.38. The number of hydrogen-bond acceptors (Lipinski definition) is 5. The smallest absolute Gasteiger partial charge is 0.256 e. The zero-order valence-electron chi connectivity index (χ0n) is 13.7. The van der Waals surface area contributed by atoms with E-state index in [-0.39, 0.29) is 11.9 Å². The lowest BCUT2D eigenvalue weighted by Gasteiger charge is -2.31. The van der Waals surface area contributed by atoms with Crippen LogP contribution in [0.5, 0.6) is 0 Å². The highest BCUT2D eigenvalue weighted by Gasteiger charge is 2.33. The molecule has 23 heavy (non-hydrogen) atoms. The number of aliphatic hydroxyl groups is 1. The van der Waals surface area contributed by atoms with Crippen LogP contribution in [0.15, 0.2) is 12.4 Å². The average molecular weight is 334 g/mol. The first-order chi connectivity index (χ1) is 11.0. The second kappa shape index (κ2) is 6.41. The number of nitrogens with zero attached hydrogens (tertiary/aromatic N) is 4. The molecule has 2 aromatic heterocycles. The van der Waals surface area contributed by atoms with Gasteiger partial charge in [0.1, 0.15) is 0 Å². The SMILES string of the molecule is CCc1nc2c(s1)[C@@H](N(C)C(=O)[C@@H](O)c1cnn(C)c1)CCC2. The quantitative estimate of drug-likeness (QED) is 0.928. The molecule has 1 aliphatic carbocycles. The van der Waals surface area contributed by atoms with E-state index in [0.717, 1.165) is 36.4 Å². The van der Waals surface area contributed by atoms with E-state index in [4.69, 9.17) is 0 Å². The summed E-state index contributed by atoms with van der Waals surface area (Å²) in [6.07, 6.45) is 5.87. The maximum atomic E-state index is 12.7. The Bertz CT molecular complexity index is 709. The van der Waals surface area contributed by atoms with Gasteiger partial charge in [0.2, 0.25) is 0 Å². The lowest BCUT2D eigenvalue weighted by molar-refractivity contribution is -0.141. The van der Waals surface area contributed by atoms with Crippen molar-refractivity contribution in [1.82, 2.24) is 19.7 Å². The van der Waals surface area contributed by atoms with Crippen molar-refractivity contribution in [1.29, 1.82) is 0 Å². The van der Waals surface area contributed by atoms with Crippen molar-refractivity contribution >= 4 is 17.2 Å². The number of carbonyl (C=O) groups is 1.